The van der Waals surface area contributed by atoms with E-state index in [2.05, 4.69) is 15.4 Å². The van der Waals surface area contributed by atoms with Crippen molar-refractivity contribution < 1.29 is 22.8 Å². The number of carbonyl (C=O) groups is 3. The zero-order valence-corrected chi connectivity index (χ0v) is 28.5. The number of amides is 3. The molecule has 3 amide bonds. The lowest BCUT2D eigenvalue weighted by Gasteiger charge is -2.40. The van der Waals surface area contributed by atoms with E-state index in [4.69, 9.17) is 0 Å². The lowest BCUT2D eigenvalue weighted by molar-refractivity contribution is -0.140. The summed E-state index contributed by atoms with van der Waals surface area (Å²) in [5, 5.41) is 6.17. The first kappa shape index (κ1) is 36.4. The van der Waals surface area contributed by atoms with Gasteiger partial charge in [0.05, 0.1) is 12.1 Å². The molecule has 3 atom stereocenters. The number of benzene rings is 1. The SMILES string of the molecule is CNC(C(=O)NC(C(=O)N(C)C(/C=C(\C)C(=O)NS(=O)(=O)N1CCCCC1)C(C)C)C(C)(C)C)C(C)(C)c1ccccc1. The second kappa shape index (κ2) is 14.8. The first-order valence-corrected chi connectivity index (χ1v) is 16.6. The lowest BCUT2D eigenvalue weighted by Crippen LogP contribution is -2.61. The fraction of sp³-hybridized carbons (Fsp3) is 0.656. The third kappa shape index (κ3) is 9.36. The number of nitrogens with one attached hydrogen (secondary N) is 3. The molecule has 0 saturated carbocycles. The highest BCUT2D eigenvalue weighted by molar-refractivity contribution is 7.87. The molecule has 1 aromatic rings. The second-order valence-corrected chi connectivity index (χ2v) is 15.2. The van der Waals surface area contributed by atoms with Gasteiger partial charge < -0.3 is 15.5 Å². The molecule has 0 aliphatic carbocycles. The number of rotatable bonds is 12. The van der Waals surface area contributed by atoms with Gasteiger partial charge in [0.25, 0.3) is 5.91 Å². The van der Waals surface area contributed by atoms with Gasteiger partial charge in [0, 0.05) is 31.1 Å². The van der Waals surface area contributed by atoms with Gasteiger partial charge in [0.2, 0.25) is 11.8 Å². The van der Waals surface area contributed by atoms with Crippen molar-refractivity contribution in [1.82, 2.24) is 24.6 Å². The van der Waals surface area contributed by atoms with E-state index in [9.17, 15) is 22.8 Å². The van der Waals surface area contributed by atoms with Crippen molar-refractivity contribution in [1.29, 1.82) is 0 Å². The molecule has 2 rings (SSSR count). The van der Waals surface area contributed by atoms with Crippen LogP contribution in [-0.2, 0) is 30.0 Å². The third-order valence-electron chi connectivity index (χ3n) is 8.32. The predicted octanol–water partition coefficient (Wildman–Crippen LogP) is 3.36. The van der Waals surface area contributed by atoms with E-state index in [0.717, 1.165) is 24.8 Å². The lowest BCUT2D eigenvalue weighted by atomic mass is 9.76. The van der Waals surface area contributed by atoms with E-state index in [1.54, 1.807) is 27.1 Å². The van der Waals surface area contributed by atoms with Crippen molar-refractivity contribution in [3.05, 3.63) is 47.5 Å². The first-order chi connectivity index (χ1) is 19.8. The average Bonchev–Trinajstić information content (AvgIpc) is 2.93. The molecule has 1 aliphatic heterocycles. The molecule has 10 nitrogen and oxygen atoms in total. The minimum Gasteiger partial charge on any atom is -0.342 e. The molecule has 1 saturated heterocycles. The Labute approximate surface area is 259 Å². The van der Waals surface area contributed by atoms with Crippen LogP contribution in [0, 0.1) is 11.3 Å². The van der Waals surface area contributed by atoms with Crippen molar-refractivity contribution in [3.8, 4) is 0 Å². The third-order valence-corrected chi connectivity index (χ3v) is 9.81. The Morgan fingerprint density at radius 3 is 2.00 bits per heavy atom. The Morgan fingerprint density at radius 1 is 0.953 bits per heavy atom. The molecule has 0 spiro atoms. The number of nitrogens with zero attached hydrogens (tertiary/aromatic N) is 2. The zero-order chi connectivity index (χ0) is 32.8. The average molecular weight is 620 g/mol. The minimum absolute atomic E-state index is 0.103. The van der Waals surface area contributed by atoms with Gasteiger partial charge in [-0.25, -0.2) is 4.72 Å². The summed E-state index contributed by atoms with van der Waals surface area (Å²) in [5.74, 6) is -1.43. The minimum atomic E-state index is -3.95. The molecular weight excluding hydrogens is 566 g/mol. The summed E-state index contributed by atoms with van der Waals surface area (Å²) < 4.78 is 29.0. The van der Waals surface area contributed by atoms with E-state index >= 15 is 0 Å². The van der Waals surface area contributed by atoms with Gasteiger partial charge in [0.15, 0.2) is 0 Å². The van der Waals surface area contributed by atoms with Crippen LogP contribution in [0.4, 0.5) is 0 Å². The Kier molecular flexibility index (Phi) is 12.5. The molecule has 242 valence electrons. The number of carbonyl (C=O) groups excluding carboxylic acids is 3. The maximum atomic E-state index is 14.0. The Balaban J connectivity index is 2.29. The van der Waals surface area contributed by atoms with E-state index in [1.807, 2.05) is 78.8 Å². The summed E-state index contributed by atoms with van der Waals surface area (Å²) in [6.45, 7) is 15.8. The highest BCUT2D eigenvalue weighted by Crippen LogP contribution is 2.29. The summed E-state index contributed by atoms with van der Waals surface area (Å²) in [7, 11) is -0.574. The van der Waals surface area contributed by atoms with Gasteiger partial charge in [-0.3, -0.25) is 14.4 Å². The largest absolute Gasteiger partial charge is 0.342 e. The Bertz CT molecular complexity index is 1250. The van der Waals surface area contributed by atoms with Crippen LogP contribution in [0.25, 0.3) is 0 Å². The van der Waals surface area contributed by atoms with E-state index in [0.29, 0.717) is 13.1 Å². The molecule has 0 aromatic heterocycles. The number of piperidine rings is 1. The monoisotopic (exact) mass is 619 g/mol. The van der Waals surface area contributed by atoms with E-state index < -0.39 is 45.1 Å². The molecule has 1 heterocycles. The molecule has 11 heteroatoms. The Morgan fingerprint density at radius 2 is 1.51 bits per heavy atom. The van der Waals surface area contributed by atoms with E-state index in [1.165, 1.54) is 9.21 Å². The number of likely N-dealkylation sites (N-methyl/N-ethyl adjacent to an activating group) is 2. The summed E-state index contributed by atoms with van der Waals surface area (Å²) in [6.07, 6.45) is 4.11. The highest BCUT2D eigenvalue weighted by atomic mass is 32.2. The van der Waals surface area contributed by atoms with Gasteiger partial charge in [-0.2, -0.15) is 12.7 Å². The van der Waals surface area contributed by atoms with E-state index in [-0.39, 0.29) is 23.3 Å². The molecule has 1 aliphatic rings. The highest BCUT2D eigenvalue weighted by Gasteiger charge is 2.41. The van der Waals surface area contributed by atoms with Gasteiger partial charge >= 0.3 is 10.2 Å². The van der Waals surface area contributed by atoms with Crippen molar-refractivity contribution in [3.63, 3.8) is 0 Å². The van der Waals surface area contributed by atoms with Crippen molar-refractivity contribution >= 4 is 27.9 Å². The standard InChI is InChI=1S/C32H53N5O5S/c1-22(2)25(21-23(3)28(38)35-43(41,42)37-19-15-12-16-20-37)36(10)30(40)27(31(4,5)6)34-29(39)26(33-9)32(7,8)24-17-13-11-14-18-24/h11,13-14,17-18,21-22,25-27,33H,12,15-16,19-20H2,1-10H3,(H,34,39)(H,35,38)/b23-21+. The van der Waals surface area contributed by atoms with Crippen LogP contribution in [0.3, 0.4) is 0 Å². The summed E-state index contributed by atoms with van der Waals surface area (Å²) in [5.41, 5.74) is -0.0211. The molecule has 0 bridgehead atoms. The van der Waals surface area contributed by atoms with Crippen molar-refractivity contribution in [2.45, 2.75) is 98.2 Å². The van der Waals surface area contributed by atoms with Crippen LogP contribution in [-0.4, -0.2) is 80.7 Å². The zero-order valence-electron chi connectivity index (χ0n) is 27.7. The van der Waals surface area contributed by atoms with Gasteiger partial charge in [-0.15, -0.1) is 0 Å². The number of hydrogen-bond donors (Lipinski definition) is 3. The van der Waals surface area contributed by atoms with Crippen LogP contribution in [0.15, 0.2) is 42.0 Å². The van der Waals surface area contributed by atoms with Crippen LogP contribution < -0.4 is 15.4 Å². The molecular formula is C32H53N5O5S. The van der Waals surface area contributed by atoms with Crippen LogP contribution >= 0.6 is 0 Å². The van der Waals surface area contributed by atoms with Crippen LogP contribution in [0.2, 0.25) is 0 Å². The predicted molar refractivity (Wildman–Crippen MR) is 171 cm³/mol. The molecule has 1 aromatic carbocycles. The molecule has 0 radical (unpaired) electrons. The quantitative estimate of drug-likeness (QED) is 0.308. The van der Waals surface area contributed by atoms with Crippen molar-refractivity contribution in [2.75, 3.05) is 27.2 Å². The topological polar surface area (TPSA) is 128 Å². The van der Waals surface area contributed by atoms with Gasteiger partial charge in [0.1, 0.15) is 6.04 Å². The molecule has 1 fully saturated rings. The number of hydrogen-bond acceptors (Lipinski definition) is 6. The summed E-state index contributed by atoms with van der Waals surface area (Å²) in [4.78, 5) is 42.3. The first-order valence-electron chi connectivity index (χ1n) is 15.1. The Hall–Kier alpha value is -2.76. The van der Waals surface area contributed by atoms with Crippen LogP contribution in [0.5, 0.6) is 0 Å². The normalized spacial score (nSPS) is 17.6. The summed E-state index contributed by atoms with van der Waals surface area (Å²) in [6, 6.07) is 7.74. The molecule has 3 N–H and O–H groups in total. The van der Waals surface area contributed by atoms with Gasteiger partial charge in [-0.05, 0) is 43.7 Å². The second-order valence-electron chi connectivity index (χ2n) is 13.5. The maximum absolute atomic E-state index is 14.0. The fourth-order valence-electron chi connectivity index (χ4n) is 5.53. The smallest absolute Gasteiger partial charge is 0.304 e. The van der Waals surface area contributed by atoms with Crippen molar-refractivity contribution in [2.24, 2.45) is 11.3 Å². The molecule has 3 unspecified atom stereocenters. The summed E-state index contributed by atoms with van der Waals surface area (Å²) >= 11 is 0. The fourth-order valence-corrected chi connectivity index (χ4v) is 6.79. The maximum Gasteiger partial charge on any atom is 0.304 e. The molecule has 43 heavy (non-hydrogen) atoms. The van der Waals surface area contributed by atoms with Crippen LogP contribution in [0.1, 0.15) is 80.2 Å². The van der Waals surface area contributed by atoms with Gasteiger partial charge in [-0.1, -0.05) is 91.3 Å².